The molecule has 0 saturated carbocycles. The van der Waals surface area contributed by atoms with Gasteiger partial charge in [0.25, 0.3) is 0 Å². The molecular formula is C26H27ClFN5O3. The molecule has 0 aliphatic carbocycles. The molecule has 0 bridgehead atoms. The fourth-order valence-electron chi connectivity index (χ4n) is 3.80. The van der Waals surface area contributed by atoms with Gasteiger partial charge in [-0.1, -0.05) is 35.9 Å². The van der Waals surface area contributed by atoms with Crippen molar-refractivity contribution in [1.82, 2.24) is 19.9 Å². The smallest absolute Gasteiger partial charge is 0.159 e. The summed E-state index contributed by atoms with van der Waals surface area (Å²) in [6.07, 6.45) is 1.84. The molecule has 3 aromatic heterocycles. The third-order valence-electron chi connectivity index (χ3n) is 5.82. The zero-order valence-electron chi connectivity index (χ0n) is 20.3. The Kier molecular flexibility index (Phi) is 7.19. The Labute approximate surface area is 212 Å². The number of pyridine rings is 2. The van der Waals surface area contributed by atoms with Gasteiger partial charge in [-0.3, -0.25) is 0 Å². The fourth-order valence-corrected chi connectivity index (χ4v) is 3.99. The summed E-state index contributed by atoms with van der Waals surface area (Å²) in [5.41, 5.74) is 2.24. The highest BCUT2D eigenvalue weighted by molar-refractivity contribution is 6.35. The molecule has 4 aromatic rings. The molecule has 0 spiro atoms. The van der Waals surface area contributed by atoms with Crippen LogP contribution in [0.3, 0.4) is 0 Å². The second-order valence-corrected chi connectivity index (χ2v) is 9.54. The average Bonchev–Trinajstić information content (AvgIpc) is 2.85. The van der Waals surface area contributed by atoms with E-state index in [-0.39, 0.29) is 24.2 Å². The van der Waals surface area contributed by atoms with Gasteiger partial charge in [-0.2, -0.15) is 0 Å². The van der Waals surface area contributed by atoms with Gasteiger partial charge in [0.2, 0.25) is 0 Å². The van der Waals surface area contributed by atoms with Crippen LogP contribution >= 0.6 is 11.6 Å². The van der Waals surface area contributed by atoms with Crippen LogP contribution in [0.15, 0.2) is 42.7 Å². The summed E-state index contributed by atoms with van der Waals surface area (Å²) in [5.74, 6) is -0.390. The van der Waals surface area contributed by atoms with E-state index in [2.05, 4.69) is 25.3 Å². The topological polar surface area (TPSA) is 124 Å². The van der Waals surface area contributed by atoms with Gasteiger partial charge in [-0.25, -0.2) is 24.3 Å². The maximum Gasteiger partial charge on any atom is 0.159 e. The summed E-state index contributed by atoms with van der Waals surface area (Å²) in [4.78, 5) is 17.3. The molecule has 2 unspecified atom stereocenters. The van der Waals surface area contributed by atoms with Crippen LogP contribution in [0.25, 0.3) is 22.3 Å². The largest absolute Gasteiger partial charge is 0.393 e. The molecule has 188 valence electrons. The SMILES string of the molecule is Cc1nc2cc(F)c(-c3cnc(C(C)(C)O)nc3)nc2c(NC(C)c2cccc(C(O)CO)c2)c1Cl. The lowest BCUT2D eigenvalue weighted by molar-refractivity contribution is 0.0687. The molecular weight excluding hydrogens is 485 g/mol. The lowest BCUT2D eigenvalue weighted by Gasteiger charge is -2.20. The van der Waals surface area contributed by atoms with E-state index in [0.29, 0.717) is 38.6 Å². The van der Waals surface area contributed by atoms with Crippen molar-refractivity contribution in [3.8, 4) is 11.3 Å². The molecule has 8 nitrogen and oxygen atoms in total. The Morgan fingerprint density at radius 1 is 1.11 bits per heavy atom. The predicted octanol–water partition coefficient (Wildman–Crippen LogP) is 4.61. The first kappa shape index (κ1) is 25.8. The van der Waals surface area contributed by atoms with E-state index in [1.54, 1.807) is 39.0 Å². The standard InChI is InChI=1S/C26H27ClFN5O3/c1-13(15-6-5-7-16(8-15)20(35)12-34)32-24-21(27)14(2)31-19-9-18(28)22(33-23(19)24)17-10-29-25(30-11-17)26(3,4)36/h5-11,13,20,34-36H,12H2,1-4H3,(H,31,32). The van der Waals surface area contributed by atoms with Gasteiger partial charge in [0.1, 0.15) is 22.9 Å². The molecule has 3 heterocycles. The zero-order chi connectivity index (χ0) is 26.2. The van der Waals surface area contributed by atoms with E-state index in [4.69, 9.17) is 11.6 Å². The van der Waals surface area contributed by atoms with E-state index in [1.807, 2.05) is 13.0 Å². The van der Waals surface area contributed by atoms with E-state index >= 15 is 4.39 Å². The van der Waals surface area contributed by atoms with Crippen molar-refractivity contribution in [3.05, 3.63) is 76.2 Å². The number of benzene rings is 1. The van der Waals surface area contributed by atoms with Crippen molar-refractivity contribution in [2.45, 2.75) is 45.4 Å². The quantitative estimate of drug-likeness (QED) is 0.283. The second kappa shape index (κ2) is 10.0. The van der Waals surface area contributed by atoms with Crippen molar-refractivity contribution >= 4 is 28.3 Å². The number of halogens is 2. The van der Waals surface area contributed by atoms with Gasteiger partial charge in [0.05, 0.1) is 28.5 Å². The monoisotopic (exact) mass is 511 g/mol. The summed E-state index contributed by atoms with van der Waals surface area (Å²) in [6.45, 7) is 6.38. The van der Waals surface area contributed by atoms with E-state index in [1.165, 1.54) is 18.5 Å². The van der Waals surface area contributed by atoms with Crippen LogP contribution in [0.4, 0.5) is 10.1 Å². The molecule has 0 aliphatic heterocycles. The lowest BCUT2D eigenvalue weighted by atomic mass is 10.0. The van der Waals surface area contributed by atoms with Gasteiger partial charge in [-0.05, 0) is 38.8 Å². The molecule has 0 aliphatic rings. The highest BCUT2D eigenvalue weighted by atomic mass is 35.5. The van der Waals surface area contributed by atoms with Gasteiger partial charge in [0.15, 0.2) is 11.6 Å². The third-order valence-corrected chi connectivity index (χ3v) is 6.28. The minimum Gasteiger partial charge on any atom is -0.393 e. The normalized spacial score (nSPS) is 13.6. The van der Waals surface area contributed by atoms with Crippen molar-refractivity contribution < 1.29 is 19.7 Å². The second-order valence-electron chi connectivity index (χ2n) is 9.16. The van der Waals surface area contributed by atoms with Crippen molar-refractivity contribution in [2.24, 2.45) is 0 Å². The van der Waals surface area contributed by atoms with Crippen molar-refractivity contribution in [1.29, 1.82) is 0 Å². The van der Waals surface area contributed by atoms with Crippen molar-refractivity contribution in [2.75, 3.05) is 11.9 Å². The van der Waals surface area contributed by atoms with Crippen LogP contribution in [0.5, 0.6) is 0 Å². The molecule has 4 N–H and O–H groups in total. The highest BCUT2D eigenvalue weighted by Crippen LogP contribution is 2.36. The first-order valence-corrected chi connectivity index (χ1v) is 11.7. The molecule has 2 atom stereocenters. The molecule has 0 amide bonds. The Hall–Kier alpha value is -3.24. The van der Waals surface area contributed by atoms with Crippen LogP contribution in [0, 0.1) is 12.7 Å². The predicted molar refractivity (Wildman–Crippen MR) is 136 cm³/mol. The van der Waals surface area contributed by atoms with Crippen LogP contribution in [-0.2, 0) is 5.60 Å². The van der Waals surface area contributed by atoms with Crippen LogP contribution in [-0.4, -0.2) is 41.9 Å². The van der Waals surface area contributed by atoms with Gasteiger partial charge >= 0.3 is 0 Å². The molecule has 1 aromatic carbocycles. The number of hydrogen-bond acceptors (Lipinski definition) is 8. The number of aliphatic hydroxyl groups is 3. The summed E-state index contributed by atoms with van der Waals surface area (Å²) in [7, 11) is 0. The maximum atomic E-state index is 15.1. The maximum absolute atomic E-state index is 15.1. The average molecular weight is 512 g/mol. The number of nitrogens with one attached hydrogen (secondary N) is 1. The number of aliphatic hydroxyl groups excluding tert-OH is 2. The number of rotatable bonds is 7. The molecule has 0 radical (unpaired) electrons. The van der Waals surface area contributed by atoms with Crippen LogP contribution in [0.1, 0.15) is 55.6 Å². The number of aryl methyl sites for hydroxylation is 1. The minimum atomic E-state index is -1.24. The fraction of sp³-hybridized carbons (Fsp3) is 0.308. The van der Waals surface area contributed by atoms with E-state index < -0.39 is 17.5 Å². The third kappa shape index (κ3) is 5.15. The Bertz CT molecular complexity index is 1410. The number of nitrogens with zero attached hydrogens (tertiary/aromatic N) is 4. The highest BCUT2D eigenvalue weighted by Gasteiger charge is 2.22. The Balaban J connectivity index is 1.78. The summed E-state index contributed by atoms with van der Waals surface area (Å²) in [6, 6.07) is 8.22. The summed E-state index contributed by atoms with van der Waals surface area (Å²) < 4.78 is 15.1. The molecule has 0 fully saturated rings. The van der Waals surface area contributed by atoms with Crippen LogP contribution in [0.2, 0.25) is 5.02 Å². The molecule has 10 heteroatoms. The lowest BCUT2D eigenvalue weighted by Crippen LogP contribution is -2.19. The summed E-state index contributed by atoms with van der Waals surface area (Å²) >= 11 is 6.63. The Morgan fingerprint density at radius 3 is 2.42 bits per heavy atom. The van der Waals surface area contributed by atoms with Gasteiger partial charge in [0, 0.05) is 30.1 Å². The number of hydrogen-bond donors (Lipinski definition) is 4. The number of fused-ring (bicyclic) bond motifs is 1. The molecule has 0 saturated heterocycles. The van der Waals surface area contributed by atoms with E-state index in [9.17, 15) is 15.3 Å². The number of aromatic nitrogens is 4. The molecule has 4 rings (SSSR count). The minimum absolute atomic E-state index is 0.0234. The Morgan fingerprint density at radius 2 is 1.78 bits per heavy atom. The number of anilines is 1. The van der Waals surface area contributed by atoms with Crippen LogP contribution < -0.4 is 5.32 Å². The zero-order valence-corrected chi connectivity index (χ0v) is 21.0. The first-order chi connectivity index (χ1) is 17.0. The summed E-state index contributed by atoms with van der Waals surface area (Å²) in [5, 5.41) is 33.1. The van der Waals surface area contributed by atoms with E-state index in [0.717, 1.165) is 5.56 Å². The van der Waals surface area contributed by atoms with Gasteiger partial charge < -0.3 is 20.6 Å². The first-order valence-electron chi connectivity index (χ1n) is 11.4. The van der Waals surface area contributed by atoms with Crippen molar-refractivity contribution in [3.63, 3.8) is 0 Å². The molecule has 36 heavy (non-hydrogen) atoms. The van der Waals surface area contributed by atoms with Gasteiger partial charge in [-0.15, -0.1) is 0 Å².